The minimum Gasteiger partial charge on any atom is -0.507 e. The van der Waals surface area contributed by atoms with E-state index in [9.17, 15) is 19.4 Å². The van der Waals surface area contributed by atoms with Crippen molar-refractivity contribution in [2.45, 2.75) is 26.4 Å². The van der Waals surface area contributed by atoms with E-state index in [1.807, 2.05) is 0 Å². The number of aromatic hydroxyl groups is 1. The summed E-state index contributed by atoms with van der Waals surface area (Å²) in [5.41, 5.74) is -0.996. The Labute approximate surface area is 106 Å². The molecule has 1 aromatic rings. The lowest BCUT2D eigenvalue weighted by atomic mass is 10.1. The zero-order chi connectivity index (χ0) is 13.9. The predicted octanol–water partition coefficient (Wildman–Crippen LogP) is 1.76. The third kappa shape index (κ3) is 3.70. The number of aliphatic hydroxyl groups is 1. The van der Waals surface area contributed by atoms with E-state index in [0.717, 1.165) is 12.1 Å². The van der Waals surface area contributed by atoms with Crippen molar-refractivity contribution in [1.82, 2.24) is 4.90 Å². The first-order valence-electron chi connectivity index (χ1n) is 5.75. The third-order valence-electron chi connectivity index (χ3n) is 2.44. The van der Waals surface area contributed by atoms with Gasteiger partial charge in [-0.05, 0) is 32.9 Å². The number of phenols is 1. The second-order valence-corrected chi connectivity index (χ2v) is 4.79. The summed E-state index contributed by atoms with van der Waals surface area (Å²) in [7, 11) is 0. The average molecular weight is 255 g/mol. The quantitative estimate of drug-likeness (QED) is 0.862. The van der Waals surface area contributed by atoms with Gasteiger partial charge in [-0.25, -0.2) is 4.39 Å². The summed E-state index contributed by atoms with van der Waals surface area (Å²) in [6.07, 6.45) is 0. The standard InChI is InChI=1S/C13H18FNO3/c1-4-15(8-13(2,3)18)12(17)10-6-5-9(14)7-11(10)16/h5-7,16,18H,4,8H2,1-3H3. The van der Waals surface area contributed by atoms with Crippen LogP contribution in [0.15, 0.2) is 18.2 Å². The highest BCUT2D eigenvalue weighted by molar-refractivity contribution is 5.96. The molecule has 18 heavy (non-hydrogen) atoms. The topological polar surface area (TPSA) is 60.8 Å². The lowest BCUT2D eigenvalue weighted by Crippen LogP contribution is -2.42. The Hall–Kier alpha value is -1.62. The third-order valence-corrected chi connectivity index (χ3v) is 2.44. The summed E-state index contributed by atoms with van der Waals surface area (Å²) in [5, 5.41) is 19.3. The molecule has 0 atom stereocenters. The molecule has 100 valence electrons. The number of halogens is 1. The van der Waals surface area contributed by atoms with Gasteiger partial charge in [-0.1, -0.05) is 0 Å². The van der Waals surface area contributed by atoms with Gasteiger partial charge >= 0.3 is 0 Å². The molecule has 1 aromatic carbocycles. The number of rotatable bonds is 4. The van der Waals surface area contributed by atoms with Crippen molar-refractivity contribution in [3.05, 3.63) is 29.6 Å². The maximum Gasteiger partial charge on any atom is 0.257 e. The number of hydrogen-bond donors (Lipinski definition) is 2. The fraction of sp³-hybridized carbons (Fsp3) is 0.462. The van der Waals surface area contributed by atoms with Crippen molar-refractivity contribution in [3.8, 4) is 5.75 Å². The number of amides is 1. The molecule has 0 heterocycles. The van der Waals surface area contributed by atoms with Gasteiger partial charge < -0.3 is 15.1 Å². The Balaban J connectivity index is 2.97. The van der Waals surface area contributed by atoms with Crippen LogP contribution in [-0.2, 0) is 0 Å². The fourth-order valence-electron chi connectivity index (χ4n) is 1.65. The minimum absolute atomic E-state index is 0.0301. The molecule has 0 saturated carbocycles. The molecule has 0 aromatic heterocycles. The van der Waals surface area contributed by atoms with Crippen LogP contribution in [0.1, 0.15) is 31.1 Å². The average Bonchev–Trinajstić information content (AvgIpc) is 2.24. The summed E-state index contributed by atoms with van der Waals surface area (Å²) in [6.45, 7) is 5.48. The van der Waals surface area contributed by atoms with Crippen molar-refractivity contribution in [1.29, 1.82) is 0 Å². The summed E-state index contributed by atoms with van der Waals surface area (Å²) in [4.78, 5) is 13.5. The highest BCUT2D eigenvalue weighted by atomic mass is 19.1. The molecule has 0 saturated heterocycles. The monoisotopic (exact) mass is 255 g/mol. The highest BCUT2D eigenvalue weighted by Gasteiger charge is 2.24. The van der Waals surface area contributed by atoms with E-state index in [0.29, 0.717) is 6.54 Å². The number of benzene rings is 1. The van der Waals surface area contributed by atoms with Gasteiger partial charge in [0.25, 0.3) is 5.91 Å². The molecular weight excluding hydrogens is 237 g/mol. The first-order valence-corrected chi connectivity index (χ1v) is 5.75. The Morgan fingerprint density at radius 3 is 2.50 bits per heavy atom. The number of nitrogens with zero attached hydrogens (tertiary/aromatic N) is 1. The van der Waals surface area contributed by atoms with Crippen LogP contribution in [0.25, 0.3) is 0 Å². The van der Waals surface area contributed by atoms with Crippen LogP contribution in [-0.4, -0.2) is 39.7 Å². The Kier molecular flexibility index (Phi) is 4.29. The molecule has 1 amide bonds. The second kappa shape index (κ2) is 5.35. The molecule has 0 radical (unpaired) electrons. The smallest absolute Gasteiger partial charge is 0.257 e. The van der Waals surface area contributed by atoms with Crippen LogP contribution in [0.2, 0.25) is 0 Å². The Bertz CT molecular complexity index is 440. The van der Waals surface area contributed by atoms with Gasteiger partial charge in [0, 0.05) is 19.2 Å². The van der Waals surface area contributed by atoms with E-state index in [1.165, 1.54) is 11.0 Å². The van der Waals surface area contributed by atoms with E-state index >= 15 is 0 Å². The maximum absolute atomic E-state index is 12.8. The second-order valence-electron chi connectivity index (χ2n) is 4.79. The van der Waals surface area contributed by atoms with Crippen LogP contribution in [0.3, 0.4) is 0 Å². The van der Waals surface area contributed by atoms with Gasteiger partial charge in [0.15, 0.2) is 0 Å². The molecule has 2 N–H and O–H groups in total. The molecule has 0 aliphatic rings. The normalized spacial score (nSPS) is 11.4. The SMILES string of the molecule is CCN(CC(C)(C)O)C(=O)c1ccc(F)cc1O. The number of phenolic OH excluding ortho intramolecular Hbond substituents is 1. The van der Waals surface area contributed by atoms with Crippen molar-refractivity contribution < 1.29 is 19.4 Å². The van der Waals surface area contributed by atoms with Crippen molar-refractivity contribution in [2.75, 3.05) is 13.1 Å². The molecule has 5 heteroatoms. The summed E-state index contributed by atoms with van der Waals surface area (Å²) in [5.74, 6) is -1.43. The molecule has 1 rings (SSSR count). The molecule has 0 spiro atoms. The molecule has 4 nitrogen and oxygen atoms in total. The number of carbonyl (C=O) groups excluding carboxylic acids is 1. The Morgan fingerprint density at radius 2 is 2.06 bits per heavy atom. The van der Waals surface area contributed by atoms with Gasteiger partial charge in [-0.3, -0.25) is 4.79 Å². The molecule has 0 unspecified atom stereocenters. The largest absolute Gasteiger partial charge is 0.507 e. The zero-order valence-electron chi connectivity index (χ0n) is 10.8. The highest BCUT2D eigenvalue weighted by Crippen LogP contribution is 2.20. The van der Waals surface area contributed by atoms with E-state index in [2.05, 4.69) is 0 Å². The van der Waals surface area contributed by atoms with Crippen molar-refractivity contribution in [2.24, 2.45) is 0 Å². The van der Waals surface area contributed by atoms with Gasteiger partial charge in [0.1, 0.15) is 11.6 Å². The Morgan fingerprint density at radius 1 is 1.44 bits per heavy atom. The van der Waals surface area contributed by atoms with Crippen LogP contribution < -0.4 is 0 Å². The summed E-state index contributed by atoms with van der Waals surface area (Å²) >= 11 is 0. The van der Waals surface area contributed by atoms with Crippen LogP contribution >= 0.6 is 0 Å². The molecule has 0 fully saturated rings. The molecule has 0 bridgehead atoms. The first-order chi connectivity index (χ1) is 8.24. The van der Waals surface area contributed by atoms with E-state index in [1.54, 1.807) is 20.8 Å². The van der Waals surface area contributed by atoms with Crippen molar-refractivity contribution >= 4 is 5.91 Å². The maximum atomic E-state index is 12.8. The van der Waals surface area contributed by atoms with E-state index < -0.39 is 23.1 Å². The van der Waals surface area contributed by atoms with Crippen LogP contribution in [0.4, 0.5) is 4.39 Å². The lowest BCUT2D eigenvalue weighted by Gasteiger charge is -2.28. The zero-order valence-corrected chi connectivity index (χ0v) is 10.8. The molecular formula is C13H18FNO3. The summed E-state index contributed by atoms with van der Waals surface area (Å²) < 4.78 is 12.8. The molecule has 0 aliphatic carbocycles. The fourth-order valence-corrected chi connectivity index (χ4v) is 1.65. The summed E-state index contributed by atoms with van der Waals surface area (Å²) in [6, 6.07) is 3.25. The van der Waals surface area contributed by atoms with Gasteiger partial charge in [-0.2, -0.15) is 0 Å². The molecule has 0 aliphatic heterocycles. The first kappa shape index (κ1) is 14.4. The number of hydrogen-bond acceptors (Lipinski definition) is 3. The number of likely N-dealkylation sites (N-methyl/N-ethyl adjacent to an activating group) is 1. The number of carbonyl (C=O) groups is 1. The van der Waals surface area contributed by atoms with Crippen LogP contribution in [0, 0.1) is 5.82 Å². The van der Waals surface area contributed by atoms with Gasteiger partial charge in [-0.15, -0.1) is 0 Å². The van der Waals surface area contributed by atoms with E-state index in [-0.39, 0.29) is 12.1 Å². The lowest BCUT2D eigenvalue weighted by molar-refractivity contribution is 0.0313. The minimum atomic E-state index is -1.03. The van der Waals surface area contributed by atoms with Gasteiger partial charge in [0.2, 0.25) is 0 Å². The van der Waals surface area contributed by atoms with Crippen molar-refractivity contribution in [3.63, 3.8) is 0 Å². The van der Waals surface area contributed by atoms with Crippen LogP contribution in [0.5, 0.6) is 5.75 Å². The van der Waals surface area contributed by atoms with E-state index in [4.69, 9.17) is 0 Å². The predicted molar refractivity (Wildman–Crippen MR) is 65.9 cm³/mol. The van der Waals surface area contributed by atoms with Gasteiger partial charge in [0.05, 0.1) is 11.2 Å².